The summed E-state index contributed by atoms with van der Waals surface area (Å²) in [4.78, 5) is 0.229. The van der Waals surface area contributed by atoms with Crippen LogP contribution < -0.4 is 10.0 Å². The van der Waals surface area contributed by atoms with E-state index in [4.69, 9.17) is 0 Å². The highest BCUT2D eigenvalue weighted by Gasteiger charge is 2.16. The van der Waals surface area contributed by atoms with Crippen LogP contribution in [0, 0.1) is 5.92 Å². The molecule has 0 radical (unpaired) electrons. The molecule has 0 spiro atoms. The maximum Gasteiger partial charge on any atom is 0.243 e. The number of aromatic nitrogens is 2. The number of rotatable bonds is 9. The fourth-order valence-corrected chi connectivity index (χ4v) is 2.57. The minimum Gasteiger partial charge on any atom is -0.315 e. The first-order valence-corrected chi connectivity index (χ1v) is 8.20. The second kappa shape index (κ2) is 7.62. The summed E-state index contributed by atoms with van der Waals surface area (Å²) in [6.07, 6.45) is 3.91. The molecule has 0 saturated heterocycles. The molecular weight excluding hydrogens is 264 g/mol. The molecule has 1 atom stereocenters. The Balaban J connectivity index is 2.58. The zero-order valence-electron chi connectivity index (χ0n) is 11.9. The molecule has 2 N–H and O–H groups in total. The number of hydrogen-bond acceptors (Lipinski definition) is 4. The van der Waals surface area contributed by atoms with Crippen LogP contribution in [0.2, 0.25) is 0 Å². The van der Waals surface area contributed by atoms with Gasteiger partial charge in [0, 0.05) is 19.3 Å². The predicted octanol–water partition coefficient (Wildman–Crippen LogP) is 0.817. The van der Waals surface area contributed by atoms with Crippen molar-refractivity contribution in [1.29, 1.82) is 0 Å². The largest absolute Gasteiger partial charge is 0.315 e. The number of nitrogens with one attached hydrogen (secondary N) is 2. The van der Waals surface area contributed by atoms with Crippen molar-refractivity contribution in [1.82, 2.24) is 19.8 Å². The highest BCUT2D eigenvalue weighted by atomic mass is 32.2. The molecule has 19 heavy (non-hydrogen) atoms. The zero-order valence-corrected chi connectivity index (χ0v) is 12.7. The summed E-state index contributed by atoms with van der Waals surface area (Å²) in [6.45, 7) is 8.87. The number of likely N-dealkylation sites (N-methyl/N-ethyl adjacent to an activating group) is 1. The molecule has 0 saturated carbocycles. The Bertz CT molecular complexity index is 470. The molecule has 0 bridgehead atoms. The van der Waals surface area contributed by atoms with E-state index in [9.17, 15) is 8.42 Å². The van der Waals surface area contributed by atoms with Crippen LogP contribution in [0.5, 0.6) is 0 Å². The van der Waals surface area contributed by atoms with E-state index in [1.165, 1.54) is 6.20 Å². The Morgan fingerprint density at radius 1 is 1.42 bits per heavy atom. The van der Waals surface area contributed by atoms with Gasteiger partial charge in [-0.15, -0.1) is 0 Å². The molecule has 0 aliphatic rings. The van der Waals surface area contributed by atoms with Gasteiger partial charge in [0.2, 0.25) is 10.0 Å². The topological polar surface area (TPSA) is 76.0 Å². The molecule has 1 aromatic rings. The molecule has 0 amide bonds. The average molecular weight is 288 g/mol. The molecule has 1 unspecified atom stereocenters. The summed E-state index contributed by atoms with van der Waals surface area (Å²) in [5.41, 5.74) is 0. The van der Waals surface area contributed by atoms with Gasteiger partial charge in [-0.2, -0.15) is 5.10 Å². The lowest BCUT2D eigenvalue weighted by Crippen LogP contribution is -2.28. The highest BCUT2D eigenvalue weighted by Crippen LogP contribution is 2.08. The van der Waals surface area contributed by atoms with E-state index < -0.39 is 10.0 Å². The normalized spacial score (nSPS) is 13.6. The van der Waals surface area contributed by atoms with Crippen LogP contribution in [-0.4, -0.2) is 37.8 Å². The standard InChI is InChI=1S/C12H24N4O2S/c1-4-11(3)8-15-19(17,18)12-9-14-16(10-12)7-6-13-5-2/h9-11,13,15H,4-8H2,1-3H3. The lowest BCUT2D eigenvalue weighted by molar-refractivity contribution is 0.528. The van der Waals surface area contributed by atoms with E-state index in [2.05, 4.69) is 15.1 Å². The van der Waals surface area contributed by atoms with Gasteiger partial charge < -0.3 is 5.32 Å². The lowest BCUT2D eigenvalue weighted by atomic mass is 10.1. The summed E-state index contributed by atoms with van der Waals surface area (Å²) in [5, 5.41) is 7.23. The van der Waals surface area contributed by atoms with Crippen LogP contribution in [0.15, 0.2) is 17.3 Å². The van der Waals surface area contributed by atoms with Gasteiger partial charge in [-0.1, -0.05) is 27.2 Å². The molecule has 7 heteroatoms. The fourth-order valence-electron chi connectivity index (χ4n) is 1.46. The van der Waals surface area contributed by atoms with E-state index in [0.29, 0.717) is 19.0 Å². The quantitative estimate of drug-likeness (QED) is 0.660. The first-order valence-electron chi connectivity index (χ1n) is 6.72. The second-order valence-corrected chi connectivity index (χ2v) is 6.42. The van der Waals surface area contributed by atoms with E-state index in [-0.39, 0.29) is 4.90 Å². The van der Waals surface area contributed by atoms with Gasteiger partial charge in [-0.05, 0) is 12.5 Å². The van der Waals surface area contributed by atoms with Gasteiger partial charge in [0.15, 0.2) is 0 Å². The average Bonchev–Trinajstić information content (AvgIpc) is 2.86. The van der Waals surface area contributed by atoms with E-state index >= 15 is 0 Å². The van der Waals surface area contributed by atoms with Crippen molar-refractivity contribution in [3.63, 3.8) is 0 Å². The van der Waals surface area contributed by atoms with E-state index in [0.717, 1.165) is 19.5 Å². The monoisotopic (exact) mass is 288 g/mol. The first kappa shape index (κ1) is 16.1. The first-order chi connectivity index (χ1) is 8.99. The summed E-state index contributed by atoms with van der Waals surface area (Å²) >= 11 is 0. The van der Waals surface area contributed by atoms with Crippen molar-refractivity contribution in [3.05, 3.63) is 12.4 Å². The van der Waals surface area contributed by atoms with Crippen molar-refractivity contribution in [2.24, 2.45) is 5.92 Å². The predicted molar refractivity (Wildman–Crippen MR) is 75.4 cm³/mol. The SMILES string of the molecule is CCNCCn1cc(S(=O)(=O)NCC(C)CC)cn1. The molecular formula is C12H24N4O2S. The third kappa shape index (κ3) is 5.30. The Hall–Kier alpha value is -0.920. The minimum absolute atomic E-state index is 0.229. The molecule has 1 rings (SSSR count). The Labute approximate surface area is 115 Å². The molecule has 0 aliphatic carbocycles. The molecule has 6 nitrogen and oxygen atoms in total. The van der Waals surface area contributed by atoms with Gasteiger partial charge in [-0.3, -0.25) is 4.68 Å². The molecule has 1 aromatic heterocycles. The van der Waals surface area contributed by atoms with Crippen molar-refractivity contribution >= 4 is 10.0 Å². The van der Waals surface area contributed by atoms with Gasteiger partial charge in [0.05, 0.1) is 12.7 Å². The Morgan fingerprint density at radius 3 is 2.79 bits per heavy atom. The van der Waals surface area contributed by atoms with Crippen molar-refractivity contribution < 1.29 is 8.42 Å². The second-order valence-electron chi connectivity index (χ2n) is 4.66. The molecule has 0 fully saturated rings. The van der Waals surface area contributed by atoms with Crippen LogP contribution in [0.4, 0.5) is 0 Å². The van der Waals surface area contributed by atoms with Gasteiger partial charge in [0.1, 0.15) is 4.90 Å². The van der Waals surface area contributed by atoms with Crippen LogP contribution >= 0.6 is 0 Å². The Kier molecular flexibility index (Phi) is 6.47. The third-order valence-electron chi connectivity index (χ3n) is 3.01. The van der Waals surface area contributed by atoms with Crippen LogP contribution in [0.3, 0.4) is 0 Å². The molecule has 0 aromatic carbocycles. The van der Waals surface area contributed by atoms with Gasteiger partial charge in [-0.25, -0.2) is 13.1 Å². The maximum absolute atomic E-state index is 12.0. The van der Waals surface area contributed by atoms with E-state index in [1.54, 1.807) is 10.9 Å². The lowest BCUT2D eigenvalue weighted by Gasteiger charge is -2.09. The van der Waals surface area contributed by atoms with Gasteiger partial charge in [0.25, 0.3) is 0 Å². The number of nitrogens with zero attached hydrogens (tertiary/aromatic N) is 2. The molecule has 0 aliphatic heterocycles. The van der Waals surface area contributed by atoms with Gasteiger partial charge >= 0.3 is 0 Å². The van der Waals surface area contributed by atoms with Crippen LogP contribution in [0.25, 0.3) is 0 Å². The highest BCUT2D eigenvalue weighted by molar-refractivity contribution is 7.89. The van der Waals surface area contributed by atoms with Crippen LogP contribution in [-0.2, 0) is 16.6 Å². The Morgan fingerprint density at radius 2 is 2.16 bits per heavy atom. The minimum atomic E-state index is -3.43. The number of hydrogen-bond donors (Lipinski definition) is 2. The smallest absolute Gasteiger partial charge is 0.243 e. The van der Waals surface area contributed by atoms with E-state index in [1.807, 2.05) is 20.8 Å². The zero-order chi connectivity index (χ0) is 14.3. The summed E-state index contributed by atoms with van der Waals surface area (Å²) in [7, 11) is -3.43. The van der Waals surface area contributed by atoms with Crippen molar-refractivity contribution in [3.8, 4) is 0 Å². The summed E-state index contributed by atoms with van der Waals surface area (Å²) in [5.74, 6) is 0.332. The summed E-state index contributed by atoms with van der Waals surface area (Å²) in [6, 6.07) is 0. The third-order valence-corrected chi connectivity index (χ3v) is 4.38. The molecule has 110 valence electrons. The summed E-state index contributed by atoms with van der Waals surface area (Å²) < 4.78 is 28.3. The van der Waals surface area contributed by atoms with Crippen LogP contribution in [0.1, 0.15) is 27.2 Å². The maximum atomic E-state index is 12.0. The number of sulfonamides is 1. The molecule has 1 heterocycles. The van der Waals surface area contributed by atoms with Crippen molar-refractivity contribution in [2.45, 2.75) is 38.6 Å². The van der Waals surface area contributed by atoms with Crippen molar-refractivity contribution in [2.75, 3.05) is 19.6 Å². The fraction of sp³-hybridized carbons (Fsp3) is 0.750.